The number of nitrogens with one attached hydrogen (secondary N) is 1. The lowest BCUT2D eigenvalue weighted by atomic mass is 10.1. The zero-order valence-corrected chi connectivity index (χ0v) is 17.7. The zero-order valence-electron chi connectivity index (χ0n) is 17.7. The SMILES string of the molecule is NC(=O)c1ccc2[nH]c3c(ccc4cnn(N5CCN(Cc6ccccc6)CC5)c43)c2c1. The fourth-order valence-electron chi connectivity index (χ4n) is 4.76. The van der Waals surface area contributed by atoms with Gasteiger partial charge < -0.3 is 10.7 Å². The second-order valence-corrected chi connectivity index (χ2v) is 8.42. The summed E-state index contributed by atoms with van der Waals surface area (Å²) in [5.74, 6) is -0.416. The Kier molecular flexibility index (Phi) is 4.36. The van der Waals surface area contributed by atoms with E-state index in [-0.39, 0.29) is 0 Å². The van der Waals surface area contributed by atoms with E-state index in [1.54, 1.807) is 6.07 Å². The number of fused-ring (bicyclic) bond motifs is 5. The molecule has 0 radical (unpaired) electrons. The van der Waals surface area contributed by atoms with Crippen molar-refractivity contribution in [2.24, 2.45) is 5.73 Å². The number of carbonyl (C=O) groups excluding carboxylic acids is 1. The van der Waals surface area contributed by atoms with Gasteiger partial charge in [-0.15, -0.1) is 0 Å². The third-order valence-electron chi connectivity index (χ3n) is 6.43. The Morgan fingerprint density at radius 1 is 0.969 bits per heavy atom. The third kappa shape index (κ3) is 3.09. The first-order valence-corrected chi connectivity index (χ1v) is 10.9. The summed E-state index contributed by atoms with van der Waals surface area (Å²) < 4.78 is 0. The van der Waals surface area contributed by atoms with Crippen LogP contribution in [0.5, 0.6) is 0 Å². The van der Waals surface area contributed by atoms with E-state index in [1.807, 2.05) is 23.1 Å². The molecular formula is C25H24N6O. The van der Waals surface area contributed by atoms with Crippen molar-refractivity contribution in [3.05, 3.63) is 78.0 Å². The number of hydrogen-bond acceptors (Lipinski definition) is 4. The van der Waals surface area contributed by atoms with Gasteiger partial charge in [0.1, 0.15) is 5.52 Å². The Hall–Kier alpha value is -3.84. The standard InChI is InChI=1S/C25H24N6O/c26-25(32)18-7-9-22-21(14-18)20-8-6-19-15-27-31(24(19)23(20)28-22)30-12-10-29(11-13-30)16-17-4-2-1-3-5-17/h1-9,14-15,28H,10-13,16H2,(H2,26,32). The summed E-state index contributed by atoms with van der Waals surface area (Å²) in [6.45, 7) is 4.77. The minimum absolute atomic E-state index is 0.416. The molecule has 1 saturated heterocycles. The van der Waals surface area contributed by atoms with Crippen LogP contribution in [0.15, 0.2) is 66.9 Å². The summed E-state index contributed by atoms with van der Waals surface area (Å²) >= 11 is 0. The molecule has 0 bridgehead atoms. The van der Waals surface area contributed by atoms with Crippen LogP contribution in [0.1, 0.15) is 15.9 Å². The second kappa shape index (κ2) is 7.39. The number of piperazine rings is 1. The summed E-state index contributed by atoms with van der Waals surface area (Å²) in [4.78, 5) is 19.7. The van der Waals surface area contributed by atoms with Gasteiger partial charge in [-0.25, -0.2) is 0 Å². The summed E-state index contributed by atoms with van der Waals surface area (Å²) in [6, 6.07) is 20.4. The van der Waals surface area contributed by atoms with E-state index >= 15 is 0 Å². The molecule has 0 aliphatic carbocycles. The van der Waals surface area contributed by atoms with E-state index in [9.17, 15) is 4.79 Å². The van der Waals surface area contributed by atoms with E-state index in [0.29, 0.717) is 5.56 Å². The molecule has 1 fully saturated rings. The first kappa shape index (κ1) is 18.9. The minimum Gasteiger partial charge on any atom is -0.366 e. The number of primary amides is 1. The van der Waals surface area contributed by atoms with Gasteiger partial charge in [-0.3, -0.25) is 14.7 Å². The highest BCUT2D eigenvalue weighted by Crippen LogP contribution is 2.32. The predicted molar refractivity (Wildman–Crippen MR) is 127 cm³/mol. The van der Waals surface area contributed by atoms with Crippen LogP contribution >= 0.6 is 0 Å². The molecule has 3 aromatic carbocycles. The average Bonchev–Trinajstić information content (AvgIpc) is 3.41. The molecule has 0 saturated carbocycles. The van der Waals surface area contributed by atoms with Crippen LogP contribution in [-0.4, -0.2) is 51.9 Å². The molecule has 0 unspecified atom stereocenters. The fourth-order valence-corrected chi connectivity index (χ4v) is 4.76. The number of benzene rings is 3. The number of rotatable bonds is 4. The van der Waals surface area contributed by atoms with Crippen LogP contribution in [0.25, 0.3) is 32.7 Å². The Labute approximate surface area is 185 Å². The second-order valence-electron chi connectivity index (χ2n) is 8.42. The van der Waals surface area contributed by atoms with Gasteiger partial charge >= 0.3 is 0 Å². The molecule has 7 nitrogen and oxygen atoms in total. The predicted octanol–water partition coefficient (Wildman–Crippen LogP) is 3.22. The maximum atomic E-state index is 11.7. The monoisotopic (exact) mass is 424 g/mol. The van der Waals surface area contributed by atoms with Crippen molar-refractivity contribution < 1.29 is 4.79 Å². The molecule has 3 N–H and O–H groups in total. The van der Waals surface area contributed by atoms with Crippen molar-refractivity contribution in [2.45, 2.75) is 6.54 Å². The van der Waals surface area contributed by atoms with E-state index < -0.39 is 5.91 Å². The van der Waals surface area contributed by atoms with E-state index in [1.165, 1.54) is 5.56 Å². The lowest BCUT2D eigenvalue weighted by Crippen LogP contribution is -2.51. The summed E-state index contributed by atoms with van der Waals surface area (Å²) in [5.41, 5.74) is 10.4. The van der Waals surface area contributed by atoms with Crippen molar-refractivity contribution in [1.82, 2.24) is 19.8 Å². The van der Waals surface area contributed by atoms with Gasteiger partial charge in [-0.05, 0) is 23.8 Å². The molecule has 0 atom stereocenters. The molecule has 1 aliphatic rings. The Balaban J connectivity index is 1.34. The molecule has 160 valence electrons. The molecular weight excluding hydrogens is 400 g/mol. The van der Waals surface area contributed by atoms with Crippen LogP contribution in [0.4, 0.5) is 0 Å². The molecule has 6 rings (SSSR count). The summed E-state index contributed by atoms with van der Waals surface area (Å²) in [6.07, 6.45) is 1.92. The zero-order chi connectivity index (χ0) is 21.7. The lowest BCUT2D eigenvalue weighted by Gasteiger charge is -2.36. The largest absolute Gasteiger partial charge is 0.366 e. The van der Waals surface area contributed by atoms with E-state index in [4.69, 9.17) is 10.8 Å². The maximum absolute atomic E-state index is 11.7. The van der Waals surface area contributed by atoms with Crippen LogP contribution < -0.4 is 10.7 Å². The Bertz CT molecular complexity index is 1440. The number of amides is 1. The van der Waals surface area contributed by atoms with Crippen molar-refractivity contribution >= 4 is 38.6 Å². The van der Waals surface area contributed by atoms with Gasteiger partial charge in [0.2, 0.25) is 5.91 Å². The number of aromatic nitrogens is 3. The van der Waals surface area contributed by atoms with Crippen molar-refractivity contribution in [1.29, 1.82) is 0 Å². The number of H-pyrrole nitrogens is 1. The number of nitrogens with zero attached hydrogens (tertiary/aromatic N) is 4. The number of carbonyl (C=O) groups is 1. The fraction of sp³-hybridized carbons (Fsp3) is 0.200. The smallest absolute Gasteiger partial charge is 0.248 e. The molecule has 5 aromatic rings. The molecule has 0 spiro atoms. The molecule has 2 aromatic heterocycles. The van der Waals surface area contributed by atoms with Gasteiger partial charge in [-0.2, -0.15) is 9.89 Å². The minimum atomic E-state index is -0.416. The number of aromatic amines is 1. The summed E-state index contributed by atoms with van der Waals surface area (Å²) in [5, 5.41) is 10.2. The molecule has 32 heavy (non-hydrogen) atoms. The number of nitrogens with two attached hydrogens (primary N) is 1. The molecule has 7 heteroatoms. The number of hydrogen-bond donors (Lipinski definition) is 2. The van der Waals surface area contributed by atoms with E-state index in [2.05, 4.69) is 57.4 Å². The first-order valence-electron chi connectivity index (χ1n) is 10.9. The van der Waals surface area contributed by atoms with Crippen molar-refractivity contribution in [2.75, 3.05) is 31.2 Å². The van der Waals surface area contributed by atoms with Gasteiger partial charge in [-0.1, -0.05) is 42.5 Å². The third-order valence-corrected chi connectivity index (χ3v) is 6.43. The quantitative estimate of drug-likeness (QED) is 0.464. The highest BCUT2D eigenvalue weighted by atomic mass is 16.1. The highest BCUT2D eigenvalue weighted by Gasteiger charge is 2.21. The van der Waals surface area contributed by atoms with Gasteiger partial charge in [0, 0.05) is 60.0 Å². The average molecular weight is 425 g/mol. The van der Waals surface area contributed by atoms with Crippen LogP contribution in [0, 0.1) is 0 Å². The Morgan fingerprint density at radius 3 is 2.56 bits per heavy atom. The first-order chi connectivity index (χ1) is 15.7. The molecule has 1 amide bonds. The van der Waals surface area contributed by atoms with Gasteiger partial charge in [0.05, 0.1) is 11.7 Å². The molecule has 1 aliphatic heterocycles. The topological polar surface area (TPSA) is 83.2 Å². The van der Waals surface area contributed by atoms with Gasteiger partial charge in [0.15, 0.2) is 0 Å². The maximum Gasteiger partial charge on any atom is 0.248 e. The van der Waals surface area contributed by atoms with Crippen molar-refractivity contribution in [3.63, 3.8) is 0 Å². The highest BCUT2D eigenvalue weighted by molar-refractivity contribution is 6.17. The lowest BCUT2D eigenvalue weighted by molar-refractivity contribution is 0.100. The van der Waals surface area contributed by atoms with Crippen LogP contribution in [0.3, 0.4) is 0 Å². The summed E-state index contributed by atoms with van der Waals surface area (Å²) in [7, 11) is 0. The van der Waals surface area contributed by atoms with Crippen molar-refractivity contribution in [3.8, 4) is 0 Å². The van der Waals surface area contributed by atoms with Crippen LogP contribution in [0.2, 0.25) is 0 Å². The van der Waals surface area contributed by atoms with E-state index in [0.717, 1.165) is 65.4 Å². The van der Waals surface area contributed by atoms with Gasteiger partial charge in [0.25, 0.3) is 0 Å². The van der Waals surface area contributed by atoms with Crippen LogP contribution in [-0.2, 0) is 6.54 Å². The normalized spacial score (nSPS) is 15.2. The Morgan fingerprint density at radius 2 is 1.78 bits per heavy atom. The molecule has 3 heterocycles.